The molecule has 0 aromatic rings. The molecule has 0 aliphatic heterocycles. The summed E-state index contributed by atoms with van der Waals surface area (Å²) in [6.07, 6.45) is 5.65. The molecular weight excluding hydrogens is 208 g/mol. The molecule has 1 aliphatic carbocycles. The molecule has 1 fully saturated rings. The van der Waals surface area contributed by atoms with Gasteiger partial charge in [-0.1, -0.05) is 33.6 Å². The second kappa shape index (κ2) is 6.75. The smallest absolute Gasteiger partial charge is 0.00441 e. The number of rotatable bonds is 6. The summed E-state index contributed by atoms with van der Waals surface area (Å²) < 4.78 is 0. The fourth-order valence-electron chi connectivity index (χ4n) is 3.43. The van der Waals surface area contributed by atoms with Crippen LogP contribution in [0.1, 0.15) is 46.5 Å². The number of nitrogens with one attached hydrogen (secondary N) is 1. The quantitative estimate of drug-likeness (QED) is 0.768. The van der Waals surface area contributed by atoms with Crippen LogP contribution in [-0.4, -0.2) is 38.6 Å². The Bertz CT molecular complexity index is 209. The third-order valence-electron chi connectivity index (χ3n) is 3.89. The average Bonchev–Trinajstić information content (AvgIpc) is 2.15. The lowest BCUT2D eigenvalue weighted by Gasteiger charge is -2.42. The Kier molecular flexibility index (Phi) is 5.94. The summed E-state index contributed by atoms with van der Waals surface area (Å²) in [4.78, 5) is 2.37. The monoisotopic (exact) mass is 240 g/mol. The maximum atomic E-state index is 3.69. The van der Waals surface area contributed by atoms with E-state index in [2.05, 4.69) is 45.1 Å². The van der Waals surface area contributed by atoms with E-state index < -0.39 is 0 Å². The zero-order valence-electron chi connectivity index (χ0n) is 12.6. The molecule has 0 saturated heterocycles. The second-order valence-corrected chi connectivity index (χ2v) is 6.96. The van der Waals surface area contributed by atoms with Crippen molar-refractivity contribution in [3.8, 4) is 0 Å². The number of hydrogen-bond donors (Lipinski definition) is 1. The molecule has 2 unspecified atom stereocenters. The van der Waals surface area contributed by atoms with Crippen LogP contribution in [0.3, 0.4) is 0 Å². The van der Waals surface area contributed by atoms with Crippen molar-refractivity contribution < 1.29 is 0 Å². The van der Waals surface area contributed by atoms with Gasteiger partial charge in [-0.25, -0.2) is 0 Å². The molecule has 0 spiro atoms. The van der Waals surface area contributed by atoms with Gasteiger partial charge in [0.15, 0.2) is 0 Å². The minimum absolute atomic E-state index is 0.524. The summed E-state index contributed by atoms with van der Waals surface area (Å²) >= 11 is 0. The standard InChI is InChI=1S/C15H32N2/c1-13(2)10-16-11-15(12-17(4)5)8-6-7-14(3)9-15/h13-14,16H,6-12H2,1-5H3. The van der Waals surface area contributed by atoms with E-state index in [1.807, 2.05) is 0 Å². The molecular formula is C15H32N2. The van der Waals surface area contributed by atoms with E-state index in [-0.39, 0.29) is 0 Å². The lowest BCUT2D eigenvalue weighted by Crippen LogP contribution is -2.45. The van der Waals surface area contributed by atoms with Crippen LogP contribution in [0.5, 0.6) is 0 Å². The highest BCUT2D eigenvalue weighted by Crippen LogP contribution is 2.39. The first-order valence-electron chi connectivity index (χ1n) is 7.29. The van der Waals surface area contributed by atoms with E-state index in [0.29, 0.717) is 5.41 Å². The van der Waals surface area contributed by atoms with Crippen molar-refractivity contribution in [1.29, 1.82) is 0 Å². The first-order valence-corrected chi connectivity index (χ1v) is 7.29. The van der Waals surface area contributed by atoms with Crippen LogP contribution >= 0.6 is 0 Å². The Morgan fingerprint density at radius 2 is 2.06 bits per heavy atom. The fraction of sp³-hybridized carbons (Fsp3) is 1.00. The summed E-state index contributed by atoms with van der Waals surface area (Å²) in [6.45, 7) is 10.6. The SMILES string of the molecule is CC(C)CNCC1(CN(C)C)CCCC(C)C1. The van der Waals surface area contributed by atoms with Gasteiger partial charge in [0.2, 0.25) is 0 Å². The first kappa shape index (κ1) is 15.0. The van der Waals surface area contributed by atoms with Gasteiger partial charge in [-0.3, -0.25) is 0 Å². The number of nitrogens with zero attached hydrogens (tertiary/aromatic N) is 1. The second-order valence-electron chi connectivity index (χ2n) is 6.96. The van der Waals surface area contributed by atoms with Crippen LogP contribution in [-0.2, 0) is 0 Å². The molecule has 1 saturated carbocycles. The molecule has 0 bridgehead atoms. The van der Waals surface area contributed by atoms with Crippen molar-refractivity contribution in [2.24, 2.45) is 17.3 Å². The Hall–Kier alpha value is -0.0800. The van der Waals surface area contributed by atoms with Gasteiger partial charge in [0.25, 0.3) is 0 Å². The topological polar surface area (TPSA) is 15.3 Å². The van der Waals surface area contributed by atoms with Gasteiger partial charge in [-0.15, -0.1) is 0 Å². The lowest BCUT2D eigenvalue weighted by molar-refractivity contribution is 0.101. The van der Waals surface area contributed by atoms with Crippen LogP contribution in [0.2, 0.25) is 0 Å². The molecule has 1 N–H and O–H groups in total. The van der Waals surface area contributed by atoms with Gasteiger partial charge in [-0.05, 0) is 50.7 Å². The van der Waals surface area contributed by atoms with E-state index >= 15 is 0 Å². The summed E-state index contributed by atoms with van der Waals surface area (Å²) in [5, 5.41) is 3.69. The molecule has 2 heteroatoms. The zero-order valence-corrected chi connectivity index (χ0v) is 12.6. The Balaban J connectivity index is 2.52. The van der Waals surface area contributed by atoms with Crippen molar-refractivity contribution in [2.75, 3.05) is 33.7 Å². The summed E-state index contributed by atoms with van der Waals surface area (Å²) in [5.74, 6) is 1.66. The molecule has 1 aliphatic rings. The Labute approximate surface area is 108 Å². The first-order chi connectivity index (χ1) is 7.93. The van der Waals surface area contributed by atoms with Crippen LogP contribution in [0.15, 0.2) is 0 Å². The van der Waals surface area contributed by atoms with Crippen molar-refractivity contribution in [1.82, 2.24) is 10.2 Å². The summed E-state index contributed by atoms with van der Waals surface area (Å²) in [6, 6.07) is 0. The van der Waals surface area contributed by atoms with Crippen molar-refractivity contribution in [3.63, 3.8) is 0 Å². The molecule has 0 amide bonds. The van der Waals surface area contributed by atoms with Crippen molar-refractivity contribution in [2.45, 2.75) is 46.5 Å². The molecule has 2 atom stereocenters. The lowest BCUT2D eigenvalue weighted by atomic mass is 9.69. The van der Waals surface area contributed by atoms with Gasteiger partial charge >= 0.3 is 0 Å². The highest BCUT2D eigenvalue weighted by atomic mass is 15.1. The maximum absolute atomic E-state index is 3.69. The molecule has 2 nitrogen and oxygen atoms in total. The minimum atomic E-state index is 0.524. The Morgan fingerprint density at radius 1 is 1.35 bits per heavy atom. The van der Waals surface area contributed by atoms with E-state index in [1.165, 1.54) is 38.8 Å². The van der Waals surface area contributed by atoms with Crippen LogP contribution < -0.4 is 5.32 Å². The zero-order chi connectivity index (χ0) is 12.9. The van der Waals surface area contributed by atoms with E-state index in [4.69, 9.17) is 0 Å². The van der Waals surface area contributed by atoms with Gasteiger partial charge < -0.3 is 10.2 Å². The van der Waals surface area contributed by atoms with Crippen molar-refractivity contribution in [3.05, 3.63) is 0 Å². The van der Waals surface area contributed by atoms with Gasteiger partial charge in [0.05, 0.1) is 0 Å². The fourth-order valence-corrected chi connectivity index (χ4v) is 3.43. The average molecular weight is 240 g/mol. The molecule has 0 heterocycles. The Morgan fingerprint density at radius 3 is 2.59 bits per heavy atom. The van der Waals surface area contributed by atoms with Gasteiger partial charge in [0.1, 0.15) is 0 Å². The maximum Gasteiger partial charge on any atom is 0.00441 e. The number of hydrogen-bond acceptors (Lipinski definition) is 2. The van der Waals surface area contributed by atoms with Gasteiger partial charge in [-0.2, -0.15) is 0 Å². The normalized spacial score (nSPS) is 30.2. The predicted octanol–water partition coefficient (Wildman–Crippen LogP) is 2.99. The van der Waals surface area contributed by atoms with E-state index in [9.17, 15) is 0 Å². The van der Waals surface area contributed by atoms with Crippen molar-refractivity contribution >= 4 is 0 Å². The van der Waals surface area contributed by atoms with E-state index in [0.717, 1.165) is 18.4 Å². The van der Waals surface area contributed by atoms with E-state index in [1.54, 1.807) is 0 Å². The highest BCUT2D eigenvalue weighted by Gasteiger charge is 2.34. The third-order valence-corrected chi connectivity index (χ3v) is 3.89. The third kappa shape index (κ3) is 5.39. The van der Waals surface area contributed by atoms with Crippen LogP contribution in [0.4, 0.5) is 0 Å². The molecule has 102 valence electrons. The summed E-state index contributed by atoms with van der Waals surface area (Å²) in [5.41, 5.74) is 0.524. The predicted molar refractivity (Wildman–Crippen MR) is 76.3 cm³/mol. The molecule has 17 heavy (non-hydrogen) atoms. The largest absolute Gasteiger partial charge is 0.316 e. The molecule has 0 aromatic carbocycles. The molecule has 1 rings (SSSR count). The van der Waals surface area contributed by atoms with Crippen LogP contribution in [0, 0.1) is 17.3 Å². The molecule has 0 aromatic heterocycles. The van der Waals surface area contributed by atoms with Gasteiger partial charge in [0, 0.05) is 13.1 Å². The minimum Gasteiger partial charge on any atom is -0.316 e. The summed E-state index contributed by atoms with van der Waals surface area (Å²) in [7, 11) is 4.42. The highest BCUT2D eigenvalue weighted by molar-refractivity contribution is 4.89. The molecule has 0 radical (unpaired) electrons. The van der Waals surface area contributed by atoms with Crippen LogP contribution in [0.25, 0.3) is 0 Å².